The van der Waals surface area contributed by atoms with E-state index in [1.54, 1.807) is 55.5 Å². The van der Waals surface area contributed by atoms with Gasteiger partial charge in [0.15, 0.2) is 0 Å². The number of alkyl halides is 2. The van der Waals surface area contributed by atoms with Gasteiger partial charge in [-0.05, 0) is 72.5 Å². The van der Waals surface area contributed by atoms with E-state index in [0.29, 0.717) is 39.3 Å². The molecule has 1 aromatic heterocycles. The molecule has 0 aliphatic heterocycles. The van der Waals surface area contributed by atoms with Crippen LogP contribution in [0, 0.1) is 23.0 Å². The molecule has 4 aromatic rings. The summed E-state index contributed by atoms with van der Waals surface area (Å²) in [5.74, 6) is -2.30. The van der Waals surface area contributed by atoms with Crippen LogP contribution in [0.25, 0.3) is 32.7 Å². The van der Waals surface area contributed by atoms with Gasteiger partial charge in [0.1, 0.15) is 28.8 Å². The zero-order chi connectivity index (χ0) is 32.3. The monoisotopic (exact) mass is 633 g/mol. The van der Waals surface area contributed by atoms with E-state index in [4.69, 9.17) is 15.6 Å². The van der Waals surface area contributed by atoms with E-state index in [2.05, 4.69) is 0 Å². The SMILES string of the molecule is CCCCC(CC)C(F)(F)Oc1ccc(-c2ccc(C3=CC=C(c4ccc(-c5ccc(O)cc5)cc4F)C(=[NH2+])C3=N)s2)c(F)c1. The van der Waals surface area contributed by atoms with Gasteiger partial charge in [0.2, 0.25) is 5.71 Å². The van der Waals surface area contributed by atoms with Gasteiger partial charge >= 0.3 is 6.11 Å². The minimum atomic E-state index is -3.41. The summed E-state index contributed by atoms with van der Waals surface area (Å²) in [7, 11) is 0. The van der Waals surface area contributed by atoms with E-state index in [-0.39, 0.29) is 40.5 Å². The van der Waals surface area contributed by atoms with Crippen LogP contribution < -0.4 is 10.1 Å². The first-order valence-corrected chi connectivity index (χ1v) is 15.5. The fourth-order valence-electron chi connectivity index (χ4n) is 5.31. The molecule has 0 saturated heterocycles. The molecule has 1 aliphatic carbocycles. The lowest BCUT2D eigenvalue weighted by Crippen LogP contribution is -2.46. The molecule has 0 saturated carbocycles. The molecule has 0 radical (unpaired) electrons. The van der Waals surface area contributed by atoms with Gasteiger partial charge in [0.05, 0.1) is 11.5 Å². The summed E-state index contributed by atoms with van der Waals surface area (Å²) in [6, 6.07) is 18.3. The molecule has 3 aromatic carbocycles. The quantitative estimate of drug-likeness (QED) is 0.114. The van der Waals surface area contributed by atoms with Crippen LogP contribution in [0.2, 0.25) is 0 Å². The molecule has 1 unspecified atom stereocenters. The number of phenolic OH excluding ortho intramolecular Hbond substituents is 1. The molecule has 4 nitrogen and oxygen atoms in total. The van der Waals surface area contributed by atoms with Crippen molar-refractivity contribution in [3.8, 4) is 33.1 Å². The number of unbranched alkanes of at least 4 members (excludes halogenated alkanes) is 1. The first-order valence-electron chi connectivity index (χ1n) is 14.7. The summed E-state index contributed by atoms with van der Waals surface area (Å²) in [5.41, 5.74) is 2.78. The predicted molar refractivity (Wildman–Crippen MR) is 173 cm³/mol. The zero-order valence-electron chi connectivity index (χ0n) is 24.8. The van der Waals surface area contributed by atoms with Crippen LogP contribution in [0.5, 0.6) is 11.5 Å². The lowest BCUT2D eigenvalue weighted by atomic mass is 9.88. The van der Waals surface area contributed by atoms with E-state index in [1.165, 1.54) is 41.7 Å². The molecule has 1 aliphatic rings. The molecule has 1 atom stereocenters. The highest BCUT2D eigenvalue weighted by Crippen LogP contribution is 2.39. The molecule has 0 bridgehead atoms. The Labute approximate surface area is 263 Å². The van der Waals surface area contributed by atoms with Gasteiger partial charge in [0.25, 0.3) is 0 Å². The van der Waals surface area contributed by atoms with Crippen LogP contribution in [0.15, 0.2) is 84.9 Å². The van der Waals surface area contributed by atoms with Crippen molar-refractivity contribution in [2.24, 2.45) is 5.92 Å². The van der Waals surface area contributed by atoms with Crippen molar-refractivity contribution in [3.05, 3.63) is 107 Å². The van der Waals surface area contributed by atoms with E-state index < -0.39 is 23.7 Å². The van der Waals surface area contributed by atoms with Crippen molar-refractivity contribution >= 4 is 33.9 Å². The number of allylic oxidation sites excluding steroid dienone is 4. The highest BCUT2D eigenvalue weighted by Gasteiger charge is 2.40. The Morgan fingerprint density at radius 3 is 2.16 bits per heavy atom. The molecule has 0 spiro atoms. The van der Waals surface area contributed by atoms with Gasteiger partial charge in [-0.25, -0.2) is 8.78 Å². The maximum absolute atomic E-state index is 15.2. The van der Waals surface area contributed by atoms with Gasteiger partial charge in [0, 0.05) is 32.5 Å². The van der Waals surface area contributed by atoms with Crippen LogP contribution in [-0.2, 0) is 0 Å². The van der Waals surface area contributed by atoms with Crippen molar-refractivity contribution in [1.29, 1.82) is 5.41 Å². The maximum atomic E-state index is 15.2. The first-order chi connectivity index (χ1) is 21.5. The third-order valence-electron chi connectivity index (χ3n) is 7.91. The molecular formula is C36H33F4N2O2S+. The molecule has 5 rings (SSSR count). The molecule has 45 heavy (non-hydrogen) atoms. The fourth-order valence-corrected chi connectivity index (χ4v) is 6.38. The Bertz CT molecular complexity index is 1810. The first kappa shape index (κ1) is 31.9. The lowest BCUT2D eigenvalue weighted by Gasteiger charge is -2.26. The Hall–Kier alpha value is -4.50. The van der Waals surface area contributed by atoms with Crippen LogP contribution in [0.1, 0.15) is 50.0 Å². The molecule has 232 valence electrons. The molecule has 0 amide bonds. The number of halogens is 4. The number of ether oxygens (including phenoxy) is 1. The minimum Gasteiger partial charge on any atom is -0.508 e. The average Bonchev–Trinajstić information content (AvgIpc) is 3.49. The summed E-state index contributed by atoms with van der Waals surface area (Å²) in [4.78, 5) is 1.18. The number of nitrogens with one attached hydrogen (secondary N) is 1. The predicted octanol–water partition coefficient (Wildman–Crippen LogP) is 8.95. The number of hydrogen-bond donors (Lipinski definition) is 3. The third-order valence-corrected chi connectivity index (χ3v) is 9.06. The second-order valence-corrected chi connectivity index (χ2v) is 12.0. The van der Waals surface area contributed by atoms with Crippen LogP contribution in [0.4, 0.5) is 17.6 Å². The molecule has 4 N–H and O–H groups in total. The average molecular weight is 634 g/mol. The van der Waals surface area contributed by atoms with Crippen molar-refractivity contribution in [1.82, 2.24) is 0 Å². The van der Waals surface area contributed by atoms with Crippen molar-refractivity contribution < 1.29 is 32.8 Å². The number of thiophene rings is 1. The smallest absolute Gasteiger partial charge is 0.400 e. The van der Waals surface area contributed by atoms with Crippen molar-refractivity contribution in [2.75, 3.05) is 0 Å². The van der Waals surface area contributed by atoms with Crippen molar-refractivity contribution in [3.63, 3.8) is 0 Å². The number of hydrogen-bond acceptors (Lipinski definition) is 4. The third kappa shape index (κ3) is 6.78. The summed E-state index contributed by atoms with van der Waals surface area (Å²) in [6.45, 7) is 3.63. The Balaban J connectivity index is 1.36. The number of aromatic hydroxyl groups is 1. The maximum Gasteiger partial charge on any atom is 0.400 e. The second-order valence-electron chi connectivity index (χ2n) is 10.9. The highest BCUT2D eigenvalue weighted by molar-refractivity contribution is 7.17. The number of phenols is 1. The molecule has 0 fully saturated rings. The van der Waals surface area contributed by atoms with E-state index in [9.17, 15) is 13.9 Å². The van der Waals surface area contributed by atoms with Gasteiger partial charge in [-0.2, -0.15) is 8.78 Å². The van der Waals surface area contributed by atoms with Gasteiger partial charge in [-0.15, -0.1) is 11.3 Å². The van der Waals surface area contributed by atoms with Crippen LogP contribution in [-0.4, -0.2) is 22.6 Å². The summed E-state index contributed by atoms with van der Waals surface area (Å²) < 4.78 is 64.9. The Kier molecular flexibility index (Phi) is 9.39. The molecule has 1 heterocycles. The zero-order valence-corrected chi connectivity index (χ0v) is 25.7. The lowest BCUT2D eigenvalue weighted by molar-refractivity contribution is -0.218. The number of benzene rings is 3. The van der Waals surface area contributed by atoms with E-state index in [1.807, 2.05) is 6.92 Å². The van der Waals surface area contributed by atoms with E-state index >= 15 is 8.78 Å². The summed E-state index contributed by atoms with van der Waals surface area (Å²) in [6.07, 6.45) is 1.94. The Morgan fingerprint density at radius 2 is 1.49 bits per heavy atom. The Morgan fingerprint density at radius 1 is 0.844 bits per heavy atom. The number of nitrogens with two attached hydrogens (primary N) is 1. The van der Waals surface area contributed by atoms with Gasteiger partial charge < -0.3 is 9.84 Å². The topological polar surface area (TPSA) is 78.9 Å². The normalized spacial score (nSPS) is 14.3. The standard InChI is InChI=1S/C36H32F4N2O2S/c1-3-5-6-23(4-2)36(39,40)44-25-12-14-28(31(38)20-25)32-17-18-33(45-32)29-16-15-27(34(41)35(29)42)26-13-9-22(19-30(26)37)21-7-10-24(43)11-8-21/h7-20,23,41-43H,3-6H2,1-2H3/p+1. The summed E-state index contributed by atoms with van der Waals surface area (Å²) >= 11 is 1.22. The highest BCUT2D eigenvalue weighted by atomic mass is 32.1. The number of rotatable bonds is 11. The fraction of sp³-hybridized carbons (Fsp3) is 0.222. The van der Waals surface area contributed by atoms with Crippen LogP contribution in [0.3, 0.4) is 0 Å². The van der Waals surface area contributed by atoms with Gasteiger partial charge in [-0.3, -0.25) is 10.8 Å². The largest absolute Gasteiger partial charge is 0.508 e. The van der Waals surface area contributed by atoms with Gasteiger partial charge in [-0.1, -0.05) is 57.0 Å². The second kappa shape index (κ2) is 13.2. The summed E-state index contributed by atoms with van der Waals surface area (Å²) in [5, 5.41) is 24.6. The minimum absolute atomic E-state index is 0.00270. The molecular weight excluding hydrogens is 600 g/mol. The van der Waals surface area contributed by atoms with Crippen LogP contribution >= 0.6 is 11.3 Å². The van der Waals surface area contributed by atoms with Crippen molar-refractivity contribution in [2.45, 2.75) is 45.6 Å². The molecule has 9 heteroatoms. The van der Waals surface area contributed by atoms with E-state index in [0.717, 1.165) is 18.1 Å².